The van der Waals surface area contributed by atoms with Crippen LogP contribution in [0.3, 0.4) is 0 Å². The third kappa shape index (κ3) is 3.37. The molecule has 0 saturated heterocycles. The normalized spacial score (nSPS) is 11.0. The molecule has 4 nitrogen and oxygen atoms in total. The van der Waals surface area contributed by atoms with Gasteiger partial charge in [0.2, 0.25) is 0 Å². The molecule has 0 spiro atoms. The molecule has 1 aromatic heterocycles. The van der Waals surface area contributed by atoms with Crippen molar-refractivity contribution in [1.82, 2.24) is 4.57 Å². The summed E-state index contributed by atoms with van der Waals surface area (Å²) in [6, 6.07) is 18.6. The predicted molar refractivity (Wildman–Crippen MR) is 91.2 cm³/mol. The van der Waals surface area contributed by atoms with Gasteiger partial charge in [-0.3, -0.25) is 4.99 Å². The van der Waals surface area contributed by atoms with Crippen molar-refractivity contribution >= 4 is 17.9 Å². The van der Waals surface area contributed by atoms with E-state index in [2.05, 4.69) is 4.99 Å². The smallest absolute Gasteiger partial charge is 0.335 e. The van der Waals surface area contributed by atoms with Crippen LogP contribution in [0.5, 0.6) is 0 Å². The summed E-state index contributed by atoms with van der Waals surface area (Å²) >= 11 is 0. The Morgan fingerprint density at radius 2 is 1.87 bits per heavy atom. The Morgan fingerprint density at radius 3 is 2.61 bits per heavy atom. The summed E-state index contributed by atoms with van der Waals surface area (Å²) in [5.41, 5.74) is 4.01. The van der Waals surface area contributed by atoms with E-state index in [1.54, 1.807) is 24.4 Å². The minimum absolute atomic E-state index is 0.262. The molecule has 3 rings (SSSR count). The van der Waals surface area contributed by atoms with Crippen molar-refractivity contribution in [2.24, 2.45) is 4.99 Å². The van der Waals surface area contributed by atoms with E-state index in [4.69, 9.17) is 5.11 Å². The number of aryl methyl sites for hydroxylation is 1. The van der Waals surface area contributed by atoms with Crippen molar-refractivity contribution < 1.29 is 9.90 Å². The van der Waals surface area contributed by atoms with Gasteiger partial charge in [0.1, 0.15) is 0 Å². The first-order valence-electron chi connectivity index (χ1n) is 7.25. The average molecular weight is 304 g/mol. The third-order valence-electron chi connectivity index (χ3n) is 3.53. The highest BCUT2D eigenvalue weighted by Gasteiger charge is 2.06. The van der Waals surface area contributed by atoms with E-state index in [0.717, 1.165) is 17.1 Å². The molecule has 1 N–H and O–H groups in total. The molecule has 0 bridgehead atoms. The van der Waals surface area contributed by atoms with E-state index in [1.165, 1.54) is 5.56 Å². The van der Waals surface area contributed by atoms with E-state index in [0.29, 0.717) is 0 Å². The lowest BCUT2D eigenvalue weighted by molar-refractivity contribution is 0.0697. The fraction of sp³-hybridized carbons (Fsp3) is 0.0526. The second-order valence-electron chi connectivity index (χ2n) is 5.25. The number of hydrogen-bond donors (Lipinski definition) is 1. The summed E-state index contributed by atoms with van der Waals surface area (Å²) < 4.78 is 1.91. The first-order chi connectivity index (χ1) is 11.1. The number of carboxylic acids is 1. The molecule has 0 aliphatic carbocycles. The van der Waals surface area contributed by atoms with Crippen LogP contribution < -0.4 is 0 Å². The van der Waals surface area contributed by atoms with Crippen LogP contribution in [0.1, 0.15) is 21.6 Å². The van der Waals surface area contributed by atoms with Crippen LogP contribution in [0.25, 0.3) is 5.69 Å². The van der Waals surface area contributed by atoms with Crippen molar-refractivity contribution in [2.75, 3.05) is 0 Å². The predicted octanol–water partition coefficient (Wildman–Crippen LogP) is 4.23. The molecule has 2 aromatic carbocycles. The maximum absolute atomic E-state index is 11.1. The van der Waals surface area contributed by atoms with Crippen molar-refractivity contribution in [3.8, 4) is 5.69 Å². The molecule has 114 valence electrons. The topological polar surface area (TPSA) is 54.6 Å². The molecular weight excluding hydrogens is 288 g/mol. The molecule has 23 heavy (non-hydrogen) atoms. The highest BCUT2D eigenvalue weighted by atomic mass is 16.4. The van der Waals surface area contributed by atoms with Crippen LogP contribution in [0.4, 0.5) is 5.69 Å². The lowest BCUT2D eigenvalue weighted by Crippen LogP contribution is -2.01. The summed E-state index contributed by atoms with van der Waals surface area (Å²) in [5, 5.41) is 9.11. The number of hydrogen-bond acceptors (Lipinski definition) is 2. The molecule has 4 heteroatoms. The lowest BCUT2D eigenvalue weighted by atomic mass is 10.2. The molecule has 0 amide bonds. The van der Waals surface area contributed by atoms with Gasteiger partial charge < -0.3 is 9.67 Å². The lowest BCUT2D eigenvalue weighted by Gasteiger charge is -2.07. The second-order valence-corrected chi connectivity index (χ2v) is 5.25. The molecule has 0 atom stereocenters. The SMILES string of the molecule is Cc1ccc(N=Cc2cccn2-c2cccc(C(=O)O)c2)cc1. The van der Waals surface area contributed by atoms with Gasteiger partial charge in [0, 0.05) is 11.9 Å². The first-order valence-corrected chi connectivity index (χ1v) is 7.25. The third-order valence-corrected chi connectivity index (χ3v) is 3.53. The maximum atomic E-state index is 11.1. The number of benzene rings is 2. The molecule has 0 unspecified atom stereocenters. The zero-order chi connectivity index (χ0) is 16.2. The highest BCUT2D eigenvalue weighted by molar-refractivity contribution is 5.88. The molecule has 0 fully saturated rings. The van der Waals surface area contributed by atoms with E-state index in [-0.39, 0.29) is 5.56 Å². The van der Waals surface area contributed by atoms with Crippen LogP contribution in [-0.2, 0) is 0 Å². The number of aromatic nitrogens is 1. The molecule has 0 aliphatic rings. The summed E-state index contributed by atoms with van der Waals surface area (Å²) in [4.78, 5) is 15.6. The Labute approximate surface area is 134 Å². The Kier molecular flexibility index (Phi) is 4.06. The minimum Gasteiger partial charge on any atom is -0.478 e. The van der Waals surface area contributed by atoms with E-state index >= 15 is 0 Å². The number of aromatic carboxylic acids is 1. The Balaban J connectivity index is 1.92. The zero-order valence-electron chi connectivity index (χ0n) is 12.7. The summed E-state index contributed by atoms with van der Waals surface area (Å²) in [6.45, 7) is 2.04. The van der Waals surface area contributed by atoms with Gasteiger partial charge in [0.25, 0.3) is 0 Å². The number of aliphatic imine (C=N–C) groups is 1. The van der Waals surface area contributed by atoms with E-state index in [1.807, 2.05) is 60.2 Å². The second kappa shape index (κ2) is 6.32. The fourth-order valence-corrected chi connectivity index (χ4v) is 2.29. The Morgan fingerprint density at radius 1 is 1.09 bits per heavy atom. The van der Waals surface area contributed by atoms with Gasteiger partial charge in [0.15, 0.2) is 0 Å². The van der Waals surface area contributed by atoms with Crippen LogP contribution in [-0.4, -0.2) is 21.9 Å². The van der Waals surface area contributed by atoms with Crippen molar-refractivity contribution in [2.45, 2.75) is 6.92 Å². The Hall–Kier alpha value is -3.14. The van der Waals surface area contributed by atoms with Gasteiger partial charge in [0.05, 0.1) is 23.2 Å². The first kappa shape index (κ1) is 14.8. The standard InChI is InChI=1S/C19H16N2O2/c1-14-7-9-16(10-8-14)20-13-18-6-3-11-21(18)17-5-2-4-15(12-17)19(22)23/h2-13H,1H3,(H,22,23). The summed E-state index contributed by atoms with van der Waals surface area (Å²) in [7, 11) is 0. The number of carboxylic acid groups (broad SMARTS) is 1. The molecule has 1 heterocycles. The van der Waals surface area contributed by atoms with Gasteiger partial charge >= 0.3 is 5.97 Å². The Bertz CT molecular complexity index is 861. The minimum atomic E-state index is -0.936. The van der Waals surface area contributed by atoms with E-state index < -0.39 is 5.97 Å². The van der Waals surface area contributed by atoms with Gasteiger partial charge in [-0.1, -0.05) is 23.8 Å². The summed E-state index contributed by atoms with van der Waals surface area (Å²) in [6.07, 6.45) is 3.66. The van der Waals surface area contributed by atoms with Crippen molar-refractivity contribution in [3.63, 3.8) is 0 Å². The van der Waals surface area contributed by atoms with Crippen molar-refractivity contribution in [1.29, 1.82) is 0 Å². The van der Waals surface area contributed by atoms with Crippen molar-refractivity contribution in [3.05, 3.63) is 83.7 Å². The molecule has 0 saturated carbocycles. The van der Waals surface area contributed by atoms with Crippen LogP contribution in [0, 0.1) is 6.92 Å². The molecule has 3 aromatic rings. The molecule has 0 aliphatic heterocycles. The quantitative estimate of drug-likeness (QED) is 0.733. The molecular formula is C19H16N2O2. The summed E-state index contributed by atoms with van der Waals surface area (Å²) in [5.74, 6) is -0.936. The zero-order valence-corrected chi connectivity index (χ0v) is 12.7. The highest BCUT2D eigenvalue weighted by Crippen LogP contribution is 2.16. The number of carbonyl (C=O) groups is 1. The van der Waals surface area contributed by atoms with Gasteiger partial charge in [-0.25, -0.2) is 4.79 Å². The van der Waals surface area contributed by atoms with Crippen LogP contribution >= 0.6 is 0 Å². The fourth-order valence-electron chi connectivity index (χ4n) is 2.29. The average Bonchev–Trinajstić information content (AvgIpc) is 3.03. The number of nitrogens with zero attached hydrogens (tertiary/aromatic N) is 2. The number of rotatable bonds is 4. The van der Waals surface area contributed by atoms with E-state index in [9.17, 15) is 4.79 Å². The maximum Gasteiger partial charge on any atom is 0.335 e. The molecule has 0 radical (unpaired) electrons. The van der Waals surface area contributed by atoms with Gasteiger partial charge in [-0.15, -0.1) is 0 Å². The van der Waals surface area contributed by atoms with Gasteiger partial charge in [-0.2, -0.15) is 0 Å². The largest absolute Gasteiger partial charge is 0.478 e. The van der Waals surface area contributed by atoms with Crippen LogP contribution in [0.15, 0.2) is 71.9 Å². The van der Waals surface area contributed by atoms with Gasteiger partial charge in [-0.05, 0) is 49.4 Å². The monoisotopic (exact) mass is 304 g/mol. The van der Waals surface area contributed by atoms with Crippen LogP contribution in [0.2, 0.25) is 0 Å².